The molecule has 0 amide bonds. The third-order valence-electron chi connectivity index (χ3n) is 4.86. The van der Waals surface area contributed by atoms with Crippen molar-refractivity contribution in [3.63, 3.8) is 0 Å². The van der Waals surface area contributed by atoms with E-state index in [2.05, 4.69) is 9.71 Å². The third-order valence-corrected chi connectivity index (χ3v) is 6.40. The Balaban J connectivity index is 1.73. The first kappa shape index (κ1) is 18.8. The molecule has 1 aromatic heterocycles. The smallest absolute Gasteiger partial charge is 0.240 e. The van der Waals surface area contributed by atoms with E-state index in [1.807, 2.05) is 13.0 Å². The number of aromatic nitrogens is 1. The Labute approximate surface area is 154 Å². The van der Waals surface area contributed by atoms with Crippen LogP contribution < -0.4 is 9.46 Å². The van der Waals surface area contributed by atoms with E-state index < -0.39 is 16.1 Å². The zero-order valence-electron chi connectivity index (χ0n) is 14.9. The zero-order valence-corrected chi connectivity index (χ0v) is 15.7. The predicted molar refractivity (Wildman–Crippen MR) is 98.7 cm³/mol. The fraction of sp³-hybridized carbons (Fsp3) is 0.421. The van der Waals surface area contributed by atoms with Crippen molar-refractivity contribution >= 4 is 10.0 Å². The number of ether oxygens (including phenoxy) is 1. The van der Waals surface area contributed by atoms with E-state index in [-0.39, 0.29) is 16.9 Å². The van der Waals surface area contributed by atoms with Crippen LogP contribution in [0.2, 0.25) is 0 Å². The lowest BCUT2D eigenvalue weighted by atomic mass is 9.80. The van der Waals surface area contributed by atoms with Gasteiger partial charge in [0.25, 0.3) is 0 Å². The lowest BCUT2D eigenvalue weighted by Crippen LogP contribution is -2.41. The molecule has 0 aliphatic heterocycles. The largest absolute Gasteiger partial charge is 0.481 e. The molecule has 3 rings (SSSR count). The molecule has 1 aliphatic carbocycles. The van der Waals surface area contributed by atoms with Gasteiger partial charge in [0, 0.05) is 24.2 Å². The van der Waals surface area contributed by atoms with Crippen molar-refractivity contribution in [3.8, 4) is 5.88 Å². The second-order valence-electron chi connectivity index (χ2n) is 6.75. The summed E-state index contributed by atoms with van der Waals surface area (Å²) in [5.41, 5.74) is 1.90. The fourth-order valence-electron chi connectivity index (χ4n) is 3.36. The predicted octanol–water partition coefficient (Wildman–Crippen LogP) is 2.37. The summed E-state index contributed by atoms with van der Waals surface area (Å²) in [5.74, 6) is 0.351. The molecule has 1 saturated carbocycles. The number of sulfonamides is 1. The average Bonchev–Trinajstić information content (AvgIpc) is 2.63. The molecule has 1 heterocycles. The van der Waals surface area contributed by atoms with Crippen LogP contribution in [-0.2, 0) is 10.0 Å². The molecule has 7 heteroatoms. The van der Waals surface area contributed by atoms with E-state index in [0.717, 1.165) is 11.1 Å². The first-order valence-electron chi connectivity index (χ1n) is 8.66. The molecule has 1 fully saturated rings. The van der Waals surface area contributed by atoms with Crippen LogP contribution in [0.3, 0.4) is 0 Å². The minimum Gasteiger partial charge on any atom is -0.481 e. The molecular formula is C19H24N2O4S. The monoisotopic (exact) mass is 376 g/mol. The fourth-order valence-corrected chi connectivity index (χ4v) is 4.64. The molecule has 3 atom stereocenters. The van der Waals surface area contributed by atoms with Gasteiger partial charge in [-0.3, -0.25) is 0 Å². The van der Waals surface area contributed by atoms with E-state index in [0.29, 0.717) is 25.1 Å². The molecule has 140 valence electrons. The molecule has 26 heavy (non-hydrogen) atoms. The maximum atomic E-state index is 12.6. The van der Waals surface area contributed by atoms with Gasteiger partial charge >= 0.3 is 0 Å². The van der Waals surface area contributed by atoms with Crippen LogP contribution in [0.4, 0.5) is 0 Å². The Morgan fingerprint density at radius 2 is 1.88 bits per heavy atom. The SMILES string of the molecule is COc1ccc([C@H]2CC(NS(=O)(=O)c3ccc(C)cc3)CC[C@@H]2O)cn1. The van der Waals surface area contributed by atoms with Crippen molar-refractivity contribution in [2.75, 3.05) is 7.11 Å². The van der Waals surface area contributed by atoms with E-state index in [9.17, 15) is 13.5 Å². The number of nitrogens with one attached hydrogen (secondary N) is 1. The van der Waals surface area contributed by atoms with E-state index >= 15 is 0 Å². The topological polar surface area (TPSA) is 88.5 Å². The maximum absolute atomic E-state index is 12.6. The summed E-state index contributed by atoms with van der Waals surface area (Å²) in [7, 11) is -2.03. The van der Waals surface area contributed by atoms with Crippen LogP contribution in [0.5, 0.6) is 5.88 Å². The summed E-state index contributed by atoms with van der Waals surface area (Å²) in [6, 6.07) is 10.2. The van der Waals surface area contributed by atoms with Gasteiger partial charge in [0.15, 0.2) is 0 Å². The van der Waals surface area contributed by atoms with Crippen LogP contribution in [0.15, 0.2) is 47.5 Å². The molecule has 0 spiro atoms. The average molecular weight is 376 g/mol. The van der Waals surface area contributed by atoms with Gasteiger partial charge in [-0.25, -0.2) is 18.1 Å². The van der Waals surface area contributed by atoms with Crippen LogP contribution in [0.25, 0.3) is 0 Å². The summed E-state index contributed by atoms with van der Waals surface area (Å²) in [6.07, 6.45) is 2.85. The van der Waals surface area contributed by atoms with E-state index in [4.69, 9.17) is 4.74 Å². The Bertz CT molecular complexity index is 835. The molecule has 2 N–H and O–H groups in total. The summed E-state index contributed by atoms with van der Waals surface area (Å²) in [6.45, 7) is 1.92. The van der Waals surface area contributed by atoms with Gasteiger partial charge in [0.05, 0.1) is 18.1 Å². The van der Waals surface area contributed by atoms with E-state index in [1.54, 1.807) is 43.6 Å². The second kappa shape index (κ2) is 7.73. The maximum Gasteiger partial charge on any atom is 0.240 e. The zero-order chi connectivity index (χ0) is 18.7. The number of methoxy groups -OCH3 is 1. The van der Waals surface area contributed by atoms with Crippen molar-refractivity contribution in [2.45, 2.75) is 49.1 Å². The number of benzene rings is 1. The molecule has 2 aromatic rings. The second-order valence-corrected chi connectivity index (χ2v) is 8.47. The van der Waals surface area contributed by atoms with Gasteiger partial charge in [-0.15, -0.1) is 0 Å². The summed E-state index contributed by atoms with van der Waals surface area (Å²) >= 11 is 0. The third kappa shape index (κ3) is 4.23. The van der Waals surface area contributed by atoms with Crippen molar-refractivity contribution in [2.24, 2.45) is 0 Å². The molecule has 1 unspecified atom stereocenters. The highest BCUT2D eigenvalue weighted by Crippen LogP contribution is 2.34. The molecule has 0 radical (unpaired) electrons. The first-order valence-corrected chi connectivity index (χ1v) is 10.1. The number of rotatable bonds is 5. The van der Waals surface area contributed by atoms with Crippen molar-refractivity contribution in [3.05, 3.63) is 53.7 Å². The lowest BCUT2D eigenvalue weighted by Gasteiger charge is -2.33. The minimum absolute atomic E-state index is 0.159. The van der Waals surface area contributed by atoms with Crippen LogP contribution in [-0.4, -0.2) is 37.8 Å². The number of aryl methyl sites for hydroxylation is 1. The Kier molecular flexibility index (Phi) is 5.60. The van der Waals surface area contributed by atoms with Crippen LogP contribution >= 0.6 is 0 Å². The van der Waals surface area contributed by atoms with Gasteiger partial charge in [0.2, 0.25) is 15.9 Å². The van der Waals surface area contributed by atoms with Gasteiger partial charge < -0.3 is 9.84 Å². The van der Waals surface area contributed by atoms with Gasteiger partial charge in [-0.05, 0) is 43.9 Å². The quantitative estimate of drug-likeness (QED) is 0.836. The highest BCUT2D eigenvalue weighted by atomic mass is 32.2. The van der Waals surface area contributed by atoms with Crippen molar-refractivity contribution in [1.29, 1.82) is 0 Å². The molecule has 0 bridgehead atoms. The van der Waals surface area contributed by atoms with Gasteiger partial charge in [-0.2, -0.15) is 0 Å². The first-order chi connectivity index (χ1) is 12.4. The number of hydrogen-bond donors (Lipinski definition) is 2. The number of pyridine rings is 1. The summed E-state index contributed by atoms with van der Waals surface area (Å²) < 4.78 is 33.1. The standard InChI is InChI=1S/C19H24N2O4S/c1-13-3-7-16(8-4-13)26(23,24)21-15-6-9-18(22)17(11-15)14-5-10-19(25-2)20-12-14/h3-5,7-8,10,12,15,17-18,21-22H,6,9,11H2,1-2H3/t15?,17-,18+/m1/s1. The summed E-state index contributed by atoms with van der Waals surface area (Å²) in [4.78, 5) is 4.45. The molecule has 0 saturated heterocycles. The molecular weight excluding hydrogens is 352 g/mol. The van der Waals surface area contributed by atoms with Crippen LogP contribution in [0, 0.1) is 6.92 Å². The van der Waals surface area contributed by atoms with Gasteiger partial charge in [-0.1, -0.05) is 23.8 Å². The molecule has 6 nitrogen and oxygen atoms in total. The Hall–Kier alpha value is -1.96. The molecule has 1 aromatic carbocycles. The van der Waals surface area contributed by atoms with Crippen LogP contribution in [0.1, 0.15) is 36.3 Å². The normalized spacial score (nSPS) is 23.6. The lowest BCUT2D eigenvalue weighted by molar-refractivity contribution is 0.0962. The van der Waals surface area contributed by atoms with Crippen molar-refractivity contribution in [1.82, 2.24) is 9.71 Å². The minimum atomic E-state index is -3.58. The van der Waals surface area contributed by atoms with Crippen molar-refractivity contribution < 1.29 is 18.3 Å². The van der Waals surface area contributed by atoms with Gasteiger partial charge in [0.1, 0.15) is 0 Å². The Morgan fingerprint density at radius 3 is 2.50 bits per heavy atom. The molecule has 1 aliphatic rings. The highest BCUT2D eigenvalue weighted by Gasteiger charge is 2.33. The number of hydrogen-bond acceptors (Lipinski definition) is 5. The van der Waals surface area contributed by atoms with E-state index in [1.165, 1.54) is 0 Å². The summed E-state index contributed by atoms with van der Waals surface area (Å²) in [5, 5.41) is 10.4. The highest BCUT2D eigenvalue weighted by molar-refractivity contribution is 7.89. The Morgan fingerprint density at radius 1 is 1.15 bits per heavy atom. The number of nitrogens with zero attached hydrogens (tertiary/aromatic N) is 1. The number of aliphatic hydroxyl groups is 1. The number of aliphatic hydroxyl groups excluding tert-OH is 1.